The Morgan fingerprint density at radius 3 is 2.58 bits per heavy atom. The highest BCUT2D eigenvalue weighted by atomic mass is 35.5. The minimum absolute atomic E-state index is 0.00717. The van der Waals surface area contributed by atoms with E-state index >= 15 is 0 Å². The largest absolute Gasteiger partial charge is 0.497 e. The van der Waals surface area contributed by atoms with Crippen molar-refractivity contribution in [3.63, 3.8) is 0 Å². The summed E-state index contributed by atoms with van der Waals surface area (Å²) in [5.41, 5.74) is 0.695. The van der Waals surface area contributed by atoms with Crippen molar-refractivity contribution in [2.75, 3.05) is 12.4 Å². The molecule has 6 nitrogen and oxygen atoms in total. The fourth-order valence-corrected chi connectivity index (χ4v) is 2.21. The van der Waals surface area contributed by atoms with Gasteiger partial charge in [-0.05, 0) is 48.6 Å². The third kappa shape index (κ3) is 4.43. The molecule has 1 amide bonds. The second-order valence-electron chi connectivity index (χ2n) is 4.64. The maximum atomic E-state index is 12.2. The van der Waals surface area contributed by atoms with E-state index in [1.165, 1.54) is 25.3 Å². The zero-order chi connectivity index (χ0) is 17.7. The number of rotatable bonds is 4. The second kappa shape index (κ2) is 7.76. The van der Waals surface area contributed by atoms with Crippen LogP contribution >= 0.6 is 23.8 Å². The number of carboxylic acid groups (broad SMARTS) is 1. The predicted molar refractivity (Wildman–Crippen MR) is 95.1 cm³/mol. The van der Waals surface area contributed by atoms with Crippen LogP contribution < -0.4 is 15.4 Å². The van der Waals surface area contributed by atoms with E-state index in [-0.39, 0.29) is 21.4 Å². The van der Waals surface area contributed by atoms with Gasteiger partial charge in [0, 0.05) is 5.56 Å². The first-order valence-electron chi connectivity index (χ1n) is 6.70. The van der Waals surface area contributed by atoms with Crippen LogP contribution in [-0.2, 0) is 0 Å². The van der Waals surface area contributed by atoms with E-state index < -0.39 is 11.9 Å². The Hall–Kier alpha value is -2.64. The van der Waals surface area contributed by atoms with Crippen LogP contribution in [0.15, 0.2) is 42.5 Å². The van der Waals surface area contributed by atoms with Crippen LogP contribution in [0.1, 0.15) is 20.7 Å². The molecule has 24 heavy (non-hydrogen) atoms. The molecule has 0 saturated heterocycles. The number of carbonyl (C=O) groups excluding carboxylic acids is 1. The Balaban J connectivity index is 2.09. The number of carboxylic acids is 1. The third-order valence-electron chi connectivity index (χ3n) is 3.02. The summed E-state index contributed by atoms with van der Waals surface area (Å²) in [6.07, 6.45) is 0. The van der Waals surface area contributed by atoms with Gasteiger partial charge in [-0.25, -0.2) is 4.79 Å². The van der Waals surface area contributed by atoms with Crippen LogP contribution in [0, 0.1) is 0 Å². The molecule has 0 unspecified atom stereocenters. The lowest BCUT2D eigenvalue weighted by Crippen LogP contribution is -2.34. The van der Waals surface area contributed by atoms with Gasteiger partial charge in [0.2, 0.25) is 0 Å². The number of nitrogens with one attached hydrogen (secondary N) is 2. The highest BCUT2D eigenvalue weighted by Crippen LogP contribution is 2.23. The Morgan fingerprint density at radius 1 is 1.17 bits per heavy atom. The summed E-state index contributed by atoms with van der Waals surface area (Å²) >= 11 is 11.1. The smallest absolute Gasteiger partial charge is 0.335 e. The molecule has 2 aromatic rings. The van der Waals surface area contributed by atoms with Crippen molar-refractivity contribution < 1.29 is 19.4 Å². The molecular weight excluding hydrogens is 352 g/mol. The van der Waals surface area contributed by atoms with Crippen molar-refractivity contribution in [2.24, 2.45) is 0 Å². The molecule has 2 aromatic carbocycles. The molecule has 0 aliphatic heterocycles. The van der Waals surface area contributed by atoms with Gasteiger partial charge in [-0.15, -0.1) is 0 Å². The van der Waals surface area contributed by atoms with Crippen molar-refractivity contribution in [1.29, 1.82) is 0 Å². The fourth-order valence-electron chi connectivity index (χ4n) is 1.85. The summed E-state index contributed by atoms with van der Waals surface area (Å²) in [5, 5.41) is 14.5. The summed E-state index contributed by atoms with van der Waals surface area (Å²) in [4.78, 5) is 23.1. The number of benzene rings is 2. The average Bonchev–Trinajstić information content (AvgIpc) is 2.56. The first-order chi connectivity index (χ1) is 11.4. The summed E-state index contributed by atoms with van der Waals surface area (Å²) in [6, 6.07) is 10.7. The van der Waals surface area contributed by atoms with Gasteiger partial charge < -0.3 is 15.2 Å². The van der Waals surface area contributed by atoms with Crippen molar-refractivity contribution in [2.45, 2.75) is 0 Å². The number of hydrogen-bond acceptors (Lipinski definition) is 4. The Labute approximate surface area is 148 Å². The van der Waals surface area contributed by atoms with Gasteiger partial charge >= 0.3 is 5.97 Å². The number of carbonyl (C=O) groups is 2. The molecule has 0 aromatic heterocycles. The standard InChI is InChI=1S/C16H13ClN2O4S/c1-23-11-4-2-3-9(7-11)14(20)19-16(24)18-13-8-10(15(21)22)5-6-12(13)17/h2-8H,1H3,(H,21,22)(H2,18,19,20,24). The Kier molecular flexibility index (Phi) is 5.73. The van der Waals surface area contributed by atoms with Crippen LogP contribution in [0.25, 0.3) is 0 Å². The lowest BCUT2D eigenvalue weighted by atomic mass is 10.2. The van der Waals surface area contributed by atoms with E-state index in [1.807, 2.05) is 0 Å². The van der Waals surface area contributed by atoms with Gasteiger partial charge in [-0.1, -0.05) is 17.7 Å². The van der Waals surface area contributed by atoms with Crippen LogP contribution in [0.5, 0.6) is 5.75 Å². The van der Waals surface area contributed by atoms with Crippen molar-refractivity contribution in [1.82, 2.24) is 5.32 Å². The summed E-state index contributed by atoms with van der Waals surface area (Å²) in [7, 11) is 1.50. The molecule has 0 bridgehead atoms. The molecule has 2 rings (SSSR count). The van der Waals surface area contributed by atoms with Crippen LogP contribution in [0.3, 0.4) is 0 Å². The van der Waals surface area contributed by atoms with Gasteiger partial charge in [-0.2, -0.15) is 0 Å². The van der Waals surface area contributed by atoms with Crippen LogP contribution in [0.2, 0.25) is 5.02 Å². The quantitative estimate of drug-likeness (QED) is 0.722. The molecule has 0 saturated carbocycles. The van der Waals surface area contributed by atoms with Crippen molar-refractivity contribution in [3.05, 3.63) is 58.6 Å². The molecule has 8 heteroatoms. The van der Waals surface area contributed by atoms with E-state index in [2.05, 4.69) is 10.6 Å². The van der Waals surface area contributed by atoms with Gasteiger partial charge in [0.25, 0.3) is 5.91 Å². The molecule has 0 spiro atoms. The number of halogens is 1. The SMILES string of the molecule is COc1cccc(C(=O)NC(=S)Nc2cc(C(=O)O)ccc2Cl)c1. The number of aromatic carboxylic acids is 1. The molecule has 0 heterocycles. The minimum Gasteiger partial charge on any atom is -0.497 e. The lowest BCUT2D eigenvalue weighted by molar-refractivity contribution is 0.0696. The Morgan fingerprint density at radius 2 is 1.92 bits per heavy atom. The predicted octanol–water partition coefficient (Wildman–Crippen LogP) is 3.17. The van der Waals surface area contributed by atoms with E-state index in [0.717, 1.165) is 0 Å². The zero-order valence-corrected chi connectivity index (χ0v) is 14.1. The van der Waals surface area contributed by atoms with Crippen molar-refractivity contribution >= 4 is 46.5 Å². The van der Waals surface area contributed by atoms with Crippen LogP contribution in [-0.4, -0.2) is 29.2 Å². The summed E-state index contributed by atoms with van der Waals surface area (Å²) < 4.78 is 5.06. The van der Waals surface area contributed by atoms with Gasteiger partial charge in [-0.3, -0.25) is 10.1 Å². The van der Waals surface area contributed by atoms with Gasteiger partial charge in [0.1, 0.15) is 5.75 Å². The van der Waals surface area contributed by atoms with E-state index in [1.54, 1.807) is 24.3 Å². The van der Waals surface area contributed by atoms with E-state index in [4.69, 9.17) is 33.7 Å². The second-order valence-corrected chi connectivity index (χ2v) is 5.46. The lowest BCUT2D eigenvalue weighted by Gasteiger charge is -2.12. The maximum absolute atomic E-state index is 12.2. The van der Waals surface area contributed by atoms with Gasteiger partial charge in [0.05, 0.1) is 23.4 Å². The average molecular weight is 365 g/mol. The molecule has 124 valence electrons. The minimum atomic E-state index is -1.10. The van der Waals surface area contributed by atoms with Crippen molar-refractivity contribution in [3.8, 4) is 5.75 Å². The first-order valence-corrected chi connectivity index (χ1v) is 7.48. The Bertz CT molecular complexity index is 810. The monoisotopic (exact) mass is 364 g/mol. The summed E-state index contributed by atoms with van der Waals surface area (Å²) in [6.45, 7) is 0. The molecular formula is C16H13ClN2O4S. The molecule has 3 N–H and O–H groups in total. The highest BCUT2D eigenvalue weighted by molar-refractivity contribution is 7.80. The topological polar surface area (TPSA) is 87.7 Å². The number of ether oxygens (including phenoxy) is 1. The van der Waals surface area contributed by atoms with E-state index in [9.17, 15) is 9.59 Å². The molecule has 0 aliphatic rings. The number of anilines is 1. The van der Waals surface area contributed by atoms with Gasteiger partial charge in [0.15, 0.2) is 5.11 Å². The molecule has 0 fully saturated rings. The molecule has 0 radical (unpaired) electrons. The first kappa shape index (κ1) is 17.7. The highest BCUT2D eigenvalue weighted by Gasteiger charge is 2.12. The van der Waals surface area contributed by atoms with Crippen LogP contribution in [0.4, 0.5) is 5.69 Å². The normalized spacial score (nSPS) is 9.92. The molecule has 0 aliphatic carbocycles. The number of hydrogen-bond donors (Lipinski definition) is 3. The molecule has 0 atom stereocenters. The fraction of sp³-hybridized carbons (Fsp3) is 0.0625. The number of thiocarbonyl (C=S) groups is 1. The summed E-state index contributed by atoms with van der Waals surface area (Å²) in [5.74, 6) is -0.989. The zero-order valence-electron chi connectivity index (χ0n) is 12.5. The number of amides is 1. The van der Waals surface area contributed by atoms with E-state index in [0.29, 0.717) is 11.3 Å². The maximum Gasteiger partial charge on any atom is 0.335 e. The third-order valence-corrected chi connectivity index (χ3v) is 3.55. The number of methoxy groups -OCH3 is 1.